The predicted molar refractivity (Wildman–Crippen MR) is 81.5 cm³/mol. The summed E-state index contributed by atoms with van der Waals surface area (Å²) in [6.07, 6.45) is 0. The first-order valence-corrected chi connectivity index (χ1v) is 6.65. The van der Waals surface area contributed by atoms with Gasteiger partial charge in [0.05, 0.1) is 0 Å². The van der Waals surface area contributed by atoms with Crippen LogP contribution in [0.3, 0.4) is 0 Å². The lowest BCUT2D eigenvalue weighted by Gasteiger charge is -2.13. The van der Waals surface area contributed by atoms with Crippen molar-refractivity contribution < 1.29 is 0 Å². The minimum absolute atomic E-state index is 0.586. The van der Waals surface area contributed by atoms with E-state index in [0.717, 1.165) is 21.3 Å². The molecule has 0 aliphatic carbocycles. The molecule has 1 aromatic heterocycles. The topological polar surface area (TPSA) is 75.9 Å². The van der Waals surface area contributed by atoms with Crippen LogP contribution in [0.1, 0.15) is 17.0 Å². The average molecular weight is 322 g/mol. The largest absolute Gasteiger partial charge is 0.340 e. The number of nitrogen functional groups attached to an aromatic ring is 1. The molecule has 1 aromatic carbocycles. The highest BCUT2D eigenvalue weighted by Gasteiger charge is 2.07. The molecular weight excluding hydrogens is 306 g/mol. The standard InChI is InChI=1S/C13H16BrN5/c1-7-4-10(14)5-8(2)13(7)18-11-6-12(19-15)17-9(3)16-11/h4-6H,15H2,1-3H3,(H2,16,17,18,19). The molecule has 5 nitrogen and oxygen atoms in total. The lowest BCUT2D eigenvalue weighted by atomic mass is 10.1. The average Bonchev–Trinajstić information content (AvgIpc) is 2.33. The number of nitrogens with zero attached hydrogens (tertiary/aromatic N) is 2. The number of hydrogen-bond acceptors (Lipinski definition) is 5. The summed E-state index contributed by atoms with van der Waals surface area (Å²) in [5, 5.41) is 3.32. The van der Waals surface area contributed by atoms with Crippen molar-refractivity contribution in [1.29, 1.82) is 0 Å². The van der Waals surface area contributed by atoms with Crippen molar-refractivity contribution in [3.63, 3.8) is 0 Å². The quantitative estimate of drug-likeness (QED) is 0.598. The van der Waals surface area contributed by atoms with E-state index in [1.807, 2.05) is 6.92 Å². The molecule has 0 unspecified atom stereocenters. The molecule has 0 amide bonds. The number of benzene rings is 1. The summed E-state index contributed by atoms with van der Waals surface area (Å²) in [6.45, 7) is 5.93. The molecule has 0 bridgehead atoms. The van der Waals surface area contributed by atoms with Gasteiger partial charge in [0.25, 0.3) is 0 Å². The van der Waals surface area contributed by atoms with Gasteiger partial charge in [-0.2, -0.15) is 0 Å². The van der Waals surface area contributed by atoms with E-state index < -0.39 is 0 Å². The Hall–Kier alpha value is -1.66. The van der Waals surface area contributed by atoms with Gasteiger partial charge in [0.15, 0.2) is 0 Å². The fourth-order valence-corrected chi connectivity index (χ4v) is 2.63. The van der Waals surface area contributed by atoms with Crippen LogP contribution >= 0.6 is 15.9 Å². The van der Waals surface area contributed by atoms with Crippen LogP contribution in [-0.4, -0.2) is 9.97 Å². The van der Waals surface area contributed by atoms with Crippen LogP contribution in [0.25, 0.3) is 0 Å². The second-order valence-electron chi connectivity index (χ2n) is 4.37. The molecule has 0 fully saturated rings. The molecule has 1 heterocycles. The molecule has 0 aliphatic rings. The first kappa shape index (κ1) is 13.8. The zero-order chi connectivity index (χ0) is 14.0. The Morgan fingerprint density at radius 1 is 1.00 bits per heavy atom. The van der Waals surface area contributed by atoms with E-state index in [1.165, 1.54) is 0 Å². The molecule has 0 aliphatic heterocycles. The third-order valence-corrected chi connectivity index (χ3v) is 3.19. The maximum Gasteiger partial charge on any atom is 0.145 e. The molecule has 4 N–H and O–H groups in total. The van der Waals surface area contributed by atoms with E-state index >= 15 is 0 Å². The van der Waals surface area contributed by atoms with E-state index in [-0.39, 0.29) is 0 Å². The van der Waals surface area contributed by atoms with Gasteiger partial charge in [-0.25, -0.2) is 15.8 Å². The number of nitrogens with one attached hydrogen (secondary N) is 2. The number of rotatable bonds is 3. The molecule has 2 rings (SSSR count). The number of hydrazine groups is 1. The van der Waals surface area contributed by atoms with Gasteiger partial charge in [0.2, 0.25) is 0 Å². The van der Waals surface area contributed by atoms with Crippen molar-refractivity contribution >= 4 is 33.3 Å². The van der Waals surface area contributed by atoms with E-state index in [4.69, 9.17) is 5.84 Å². The van der Waals surface area contributed by atoms with E-state index in [9.17, 15) is 0 Å². The molecule has 0 atom stereocenters. The highest BCUT2D eigenvalue weighted by atomic mass is 79.9. The summed E-state index contributed by atoms with van der Waals surface area (Å²) >= 11 is 3.49. The molecule has 0 saturated carbocycles. The van der Waals surface area contributed by atoms with Crippen molar-refractivity contribution in [2.75, 3.05) is 10.7 Å². The van der Waals surface area contributed by atoms with Crippen molar-refractivity contribution in [2.24, 2.45) is 5.84 Å². The van der Waals surface area contributed by atoms with Crippen molar-refractivity contribution in [3.8, 4) is 0 Å². The zero-order valence-corrected chi connectivity index (χ0v) is 12.7. The minimum atomic E-state index is 0.586. The Balaban J connectivity index is 2.39. The summed E-state index contributed by atoms with van der Waals surface area (Å²) in [4.78, 5) is 8.51. The summed E-state index contributed by atoms with van der Waals surface area (Å²) in [5.74, 6) is 7.35. The molecule has 100 valence electrons. The lowest BCUT2D eigenvalue weighted by Crippen LogP contribution is -2.10. The summed E-state index contributed by atoms with van der Waals surface area (Å²) in [5.41, 5.74) is 5.87. The fourth-order valence-electron chi connectivity index (χ4n) is 1.94. The van der Waals surface area contributed by atoms with Gasteiger partial charge in [-0.05, 0) is 44.0 Å². The third-order valence-electron chi connectivity index (χ3n) is 2.74. The van der Waals surface area contributed by atoms with Crippen LogP contribution in [-0.2, 0) is 0 Å². The summed E-state index contributed by atoms with van der Waals surface area (Å²) < 4.78 is 1.07. The van der Waals surface area contributed by atoms with Gasteiger partial charge in [0.1, 0.15) is 17.5 Å². The summed E-state index contributed by atoms with van der Waals surface area (Å²) in [7, 11) is 0. The normalized spacial score (nSPS) is 10.4. The van der Waals surface area contributed by atoms with Crippen molar-refractivity contribution in [2.45, 2.75) is 20.8 Å². The molecule has 2 aromatic rings. The molecule has 0 saturated heterocycles. The summed E-state index contributed by atoms with van der Waals surface area (Å²) in [6, 6.07) is 5.89. The first-order chi connectivity index (χ1) is 8.99. The Bertz CT molecular complexity index is 589. The van der Waals surface area contributed by atoms with Crippen LogP contribution in [0.5, 0.6) is 0 Å². The molecule has 6 heteroatoms. The Labute approximate surface area is 120 Å². The van der Waals surface area contributed by atoms with Gasteiger partial charge >= 0.3 is 0 Å². The number of halogens is 1. The minimum Gasteiger partial charge on any atom is -0.340 e. The second kappa shape index (κ2) is 5.54. The highest BCUT2D eigenvalue weighted by molar-refractivity contribution is 9.10. The van der Waals surface area contributed by atoms with Gasteiger partial charge in [-0.3, -0.25) is 0 Å². The van der Waals surface area contributed by atoms with Gasteiger partial charge in [-0.1, -0.05) is 15.9 Å². The van der Waals surface area contributed by atoms with Crippen molar-refractivity contribution in [1.82, 2.24) is 9.97 Å². The van der Waals surface area contributed by atoms with Gasteiger partial charge < -0.3 is 10.7 Å². The van der Waals surface area contributed by atoms with E-state index in [2.05, 4.69) is 62.6 Å². The monoisotopic (exact) mass is 321 g/mol. The van der Waals surface area contributed by atoms with Crippen LogP contribution in [0, 0.1) is 20.8 Å². The molecular formula is C13H16BrN5. The Kier molecular flexibility index (Phi) is 4.01. The number of nitrogens with two attached hydrogens (primary N) is 1. The van der Waals surface area contributed by atoms with E-state index in [1.54, 1.807) is 6.07 Å². The lowest BCUT2D eigenvalue weighted by molar-refractivity contribution is 1.04. The van der Waals surface area contributed by atoms with Crippen LogP contribution < -0.4 is 16.6 Å². The fraction of sp³-hybridized carbons (Fsp3) is 0.231. The number of anilines is 3. The maximum atomic E-state index is 5.39. The Morgan fingerprint density at radius 2 is 1.58 bits per heavy atom. The molecule has 19 heavy (non-hydrogen) atoms. The smallest absolute Gasteiger partial charge is 0.145 e. The second-order valence-corrected chi connectivity index (χ2v) is 5.29. The van der Waals surface area contributed by atoms with Crippen LogP contribution in [0.4, 0.5) is 17.3 Å². The number of aromatic nitrogens is 2. The highest BCUT2D eigenvalue weighted by Crippen LogP contribution is 2.27. The van der Waals surface area contributed by atoms with E-state index in [0.29, 0.717) is 17.5 Å². The SMILES string of the molecule is Cc1nc(NN)cc(Nc2c(C)cc(Br)cc2C)n1. The van der Waals surface area contributed by atoms with Crippen LogP contribution in [0.15, 0.2) is 22.7 Å². The molecule has 0 radical (unpaired) electrons. The van der Waals surface area contributed by atoms with Gasteiger partial charge in [-0.15, -0.1) is 0 Å². The third kappa shape index (κ3) is 3.21. The predicted octanol–water partition coefficient (Wildman–Crippen LogP) is 3.19. The van der Waals surface area contributed by atoms with Crippen LogP contribution in [0.2, 0.25) is 0 Å². The van der Waals surface area contributed by atoms with Gasteiger partial charge in [0, 0.05) is 16.2 Å². The number of aryl methyl sites for hydroxylation is 3. The number of hydrogen-bond donors (Lipinski definition) is 3. The zero-order valence-electron chi connectivity index (χ0n) is 11.1. The molecule has 0 spiro atoms. The van der Waals surface area contributed by atoms with Crippen molar-refractivity contribution in [3.05, 3.63) is 39.6 Å². The maximum absolute atomic E-state index is 5.39. The first-order valence-electron chi connectivity index (χ1n) is 5.85. The Morgan fingerprint density at radius 3 is 2.16 bits per heavy atom.